The molecule has 6 nitrogen and oxygen atoms in total. The highest BCUT2D eigenvalue weighted by atomic mass is 16.6. The van der Waals surface area contributed by atoms with Gasteiger partial charge in [-0.25, -0.2) is 0 Å². The average Bonchev–Trinajstić information content (AvgIpc) is 2.66. The SMILES string of the molecule is CCCC(CCC)C(=O)CC(NC(=O)C(C)CC)c1ccccc1[N+](=O)[O-]. The Morgan fingerprint density at radius 1 is 1.11 bits per heavy atom. The van der Waals surface area contributed by atoms with E-state index in [2.05, 4.69) is 5.32 Å². The molecule has 2 atom stereocenters. The Morgan fingerprint density at radius 2 is 1.70 bits per heavy atom. The number of nitro groups is 1. The molecule has 0 aliphatic heterocycles. The molecular weight excluding hydrogens is 344 g/mol. The normalized spacial score (nSPS) is 13.2. The molecule has 1 amide bonds. The maximum atomic E-state index is 12.9. The van der Waals surface area contributed by atoms with Gasteiger partial charge < -0.3 is 5.32 Å². The van der Waals surface area contributed by atoms with Crippen LogP contribution in [0, 0.1) is 22.0 Å². The summed E-state index contributed by atoms with van der Waals surface area (Å²) in [6.07, 6.45) is 4.16. The number of benzene rings is 1. The number of ketones is 1. The predicted molar refractivity (Wildman–Crippen MR) is 106 cm³/mol. The van der Waals surface area contributed by atoms with Crippen LogP contribution in [0.5, 0.6) is 0 Å². The average molecular weight is 376 g/mol. The molecule has 0 aliphatic carbocycles. The van der Waals surface area contributed by atoms with Crippen molar-refractivity contribution in [1.82, 2.24) is 5.32 Å². The van der Waals surface area contributed by atoms with Crippen molar-refractivity contribution in [2.45, 2.75) is 72.3 Å². The van der Waals surface area contributed by atoms with Crippen LogP contribution < -0.4 is 5.32 Å². The molecule has 0 aromatic heterocycles. The van der Waals surface area contributed by atoms with Crippen molar-refractivity contribution in [1.29, 1.82) is 0 Å². The van der Waals surface area contributed by atoms with Crippen molar-refractivity contribution >= 4 is 17.4 Å². The van der Waals surface area contributed by atoms with Crippen molar-refractivity contribution < 1.29 is 14.5 Å². The molecule has 0 radical (unpaired) electrons. The van der Waals surface area contributed by atoms with Gasteiger partial charge in [-0.1, -0.05) is 58.7 Å². The van der Waals surface area contributed by atoms with Gasteiger partial charge in [0.25, 0.3) is 5.69 Å². The van der Waals surface area contributed by atoms with E-state index >= 15 is 0 Å². The highest BCUT2D eigenvalue weighted by molar-refractivity contribution is 5.84. The number of carbonyl (C=O) groups is 2. The molecule has 6 heteroatoms. The summed E-state index contributed by atoms with van der Waals surface area (Å²) in [5, 5.41) is 14.3. The van der Waals surface area contributed by atoms with Crippen molar-refractivity contribution in [3.8, 4) is 0 Å². The first-order valence-electron chi connectivity index (χ1n) is 9.91. The molecule has 2 unspecified atom stereocenters. The first-order valence-corrected chi connectivity index (χ1v) is 9.91. The standard InChI is InChI=1S/C21H32N2O4/c1-5-10-16(11-6-2)20(24)14-18(22-21(25)15(4)7-3)17-12-8-9-13-19(17)23(26)27/h8-9,12-13,15-16,18H,5-7,10-11,14H2,1-4H3,(H,22,25). The Kier molecular flexibility index (Phi) is 9.68. The van der Waals surface area contributed by atoms with Crippen molar-refractivity contribution in [3.05, 3.63) is 39.9 Å². The maximum Gasteiger partial charge on any atom is 0.274 e. The van der Waals surface area contributed by atoms with E-state index in [1.54, 1.807) is 18.2 Å². The molecule has 0 fully saturated rings. The Hall–Kier alpha value is -2.24. The highest BCUT2D eigenvalue weighted by Gasteiger charge is 2.29. The zero-order valence-electron chi connectivity index (χ0n) is 16.9. The quantitative estimate of drug-likeness (QED) is 0.412. The second-order valence-electron chi connectivity index (χ2n) is 7.13. The Morgan fingerprint density at radius 3 is 2.22 bits per heavy atom. The molecule has 27 heavy (non-hydrogen) atoms. The summed E-state index contributed by atoms with van der Waals surface area (Å²) in [5.74, 6) is -0.402. The summed E-state index contributed by atoms with van der Waals surface area (Å²) >= 11 is 0. The summed E-state index contributed by atoms with van der Waals surface area (Å²) in [6.45, 7) is 7.80. The van der Waals surface area contributed by atoms with Gasteiger partial charge in [0, 0.05) is 24.3 Å². The molecule has 0 spiro atoms. The lowest BCUT2D eigenvalue weighted by Crippen LogP contribution is -2.35. The summed E-state index contributed by atoms with van der Waals surface area (Å²) < 4.78 is 0. The van der Waals surface area contributed by atoms with Crippen LogP contribution >= 0.6 is 0 Å². The van der Waals surface area contributed by atoms with Gasteiger partial charge >= 0.3 is 0 Å². The molecule has 0 bridgehead atoms. The van der Waals surface area contributed by atoms with Crippen LogP contribution in [0.15, 0.2) is 24.3 Å². The predicted octanol–water partition coefficient (Wildman–Crippen LogP) is 4.97. The Labute approximate surface area is 161 Å². The number of carbonyl (C=O) groups excluding carboxylic acids is 2. The smallest absolute Gasteiger partial charge is 0.274 e. The highest BCUT2D eigenvalue weighted by Crippen LogP contribution is 2.30. The molecule has 1 aromatic carbocycles. The van der Waals surface area contributed by atoms with E-state index in [9.17, 15) is 19.7 Å². The van der Waals surface area contributed by atoms with Gasteiger partial charge in [0.2, 0.25) is 5.91 Å². The molecule has 0 aliphatic rings. The monoisotopic (exact) mass is 376 g/mol. The number of hydrogen-bond donors (Lipinski definition) is 1. The van der Waals surface area contributed by atoms with E-state index in [0.29, 0.717) is 12.0 Å². The van der Waals surface area contributed by atoms with Crippen molar-refractivity contribution in [2.75, 3.05) is 0 Å². The summed E-state index contributed by atoms with van der Waals surface area (Å²) in [6, 6.07) is 5.65. The van der Waals surface area contributed by atoms with Gasteiger partial charge in [-0.15, -0.1) is 0 Å². The van der Waals surface area contributed by atoms with Crippen LogP contribution in [-0.2, 0) is 9.59 Å². The molecular formula is C21H32N2O4. The Balaban J connectivity index is 3.17. The lowest BCUT2D eigenvalue weighted by molar-refractivity contribution is -0.385. The minimum absolute atomic E-state index is 0.0614. The fourth-order valence-electron chi connectivity index (χ4n) is 3.22. The van der Waals surface area contributed by atoms with E-state index in [4.69, 9.17) is 0 Å². The first-order chi connectivity index (χ1) is 12.8. The topological polar surface area (TPSA) is 89.3 Å². The summed E-state index contributed by atoms with van der Waals surface area (Å²) in [7, 11) is 0. The number of nitro benzene ring substituents is 1. The molecule has 1 aromatic rings. The van der Waals surface area contributed by atoms with Gasteiger partial charge in [-0.2, -0.15) is 0 Å². The third-order valence-corrected chi connectivity index (χ3v) is 5.02. The minimum Gasteiger partial charge on any atom is -0.348 e. The van der Waals surface area contributed by atoms with E-state index in [1.165, 1.54) is 6.07 Å². The zero-order chi connectivity index (χ0) is 20.4. The van der Waals surface area contributed by atoms with E-state index in [1.807, 2.05) is 27.7 Å². The number of Topliss-reactive ketones (excluding diaryl/α,β-unsaturated/α-hetero) is 1. The number of para-hydroxylation sites is 1. The lowest BCUT2D eigenvalue weighted by atomic mass is 9.88. The number of nitrogens with one attached hydrogen (secondary N) is 1. The Bertz CT molecular complexity index is 639. The number of nitrogens with zero attached hydrogens (tertiary/aromatic N) is 1. The summed E-state index contributed by atoms with van der Waals surface area (Å²) in [4.78, 5) is 36.3. The van der Waals surface area contributed by atoms with Crippen LogP contribution in [0.2, 0.25) is 0 Å². The van der Waals surface area contributed by atoms with Gasteiger partial charge in [0.15, 0.2) is 0 Å². The first kappa shape index (κ1) is 22.8. The molecule has 150 valence electrons. The molecule has 0 heterocycles. The molecule has 0 saturated heterocycles. The molecule has 0 saturated carbocycles. The third kappa shape index (κ3) is 6.77. The van der Waals surface area contributed by atoms with Gasteiger partial charge in [-0.3, -0.25) is 19.7 Å². The van der Waals surface area contributed by atoms with E-state index in [-0.39, 0.29) is 35.6 Å². The van der Waals surface area contributed by atoms with Crippen LogP contribution in [0.1, 0.15) is 77.8 Å². The van der Waals surface area contributed by atoms with Gasteiger partial charge in [0.05, 0.1) is 16.5 Å². The zero-order valence-corrected chi connectivity index (χ0v) is 16.9. The van der Waals surface area contributed by atoms with Crippen LogP contribution in [-0.4, -0.2) is 16.6 Å². The second-order valence-corrected chi connectivity index (χ2v) is 7.13. The van der Waals surface area contributed by atoms with E-state index in [0.717, 1.165) is 25.7 Å². The van der Waals surface area contributed by atoms with Crippen LogP contribution in [0.3, 0.4) is 0 Å². The lowest BCUT2D eigenvalue weighted by Gasteiger charge is -2.23. The van der Waals surface area contributed by atoms with Crippen molar-refractivity contribution in [3.63, 3.8) is 0 Å². The molecule has 1 N–H and O–H groups in total. The number of amides is 1. The number of rotatable bonds is 12. The molecule has 1 rings (SSSR count). The fraction of sp³-hybridized carbons (Fsp3) is 0.619. The fourth-order valence-corrected chi connectivity index (χ4v) is 3.22. The van der Waals surface area contributed by atoms with Crippen molar-refractivity contribution in [2.24, 2.45) is 11.8 Å². The minimum atomic E-state index is -0.684. The van der Waals surface area contributed by atoms with Gasteiger partial charge in [-0.05, 0) is 19.3 Å². The largest absolute Gasteiger partial charge is 0.348 e. The van der Waals surface area contributed by atoms with Gasteiger partial charge in [0.1, 0.15) is 5.78 Å². The van der Waals surface area contributed by atoms with Crippen LogP contribution in [0.25, 0.3) is 0 Å². The van der Waals surface area contributed by atoms with Crippen LogP contribution in [0.4, 0.5) is 5.69 Å². The summed E-state index contributed by atoms with van der Waals surface area (Å²) in [5.41, 5.74) is 0.321. The van der Waals surface area contributed by atoms with E-state index < -0.39 is 11.0 Å². The maximum absolute atomic E-state index is 12.9. The number of hydrogen-bond acceptors (Lipinski definition) is 4. The third-order valence-electron chi connectivity index (χ3n) is 5.02. The second kappa shape index (κ2) is 11.5.